The van der Waals surface area contributed by atoms with E-state index in [9.17, 15) is 34.8 Å². The van der Waals surface area contributed by atoms with Gasteiger partial charge in [0.1, 0.15) is 28.6 Å². The molecule has 0 aliphatic heterocycles. The fourth-order valence-electron chi connectivity index (χ4n) is 7.37. The Morgan fingerprint density at radius 2 is 1.88 bits per heavy atom. The fraction of sp³-hybridized carbons (Fsp3) is 0.567. The van der Waals surface area contributed by atoms with Gasteiger partial charge in [0, 0.05) is 35.2 Å². The Balaban J connectivity index is 1.64. The number of methoxy groups -OCH3 is 1. The number of fused-ring (bicyclic) bond motifs is 3. The molecule has 11 heteroatoms. The van der Waals surface area contributed by atoms with Crippen LogP contribution in [0.1, 0.15) is 49.8 Å². The number of hydrogen-bond acceptors (Lipinski definition) is 10. The van der Waals surface area contributed by atoms with Crippen molar-refractivity contribution in [1.82, 2.24) is 9.80 Å². The molecular formula is C30H39N3O8. The number of rotatable bonds is 8. The van der Waals surface area contributed by atoms with Gasteiger partial charge < -0.3 is 30.9 Å². The van der Waals surface area contributed by atoms with Crippen LogP contribution in [0.3, 0.4) is 0 Å². The third-order valence-electron chi connectivity index (χ3n) is 9.61. The first-order valence-corrected chi connectivity index (χ1v) is 14.1. The second kappa shape index (κ2) is 10.1. The average molecular weight is 570 g/mol. The number of aliphatic hydroxyl groups excluding tert-OH is 2. The highest BCUT2D eigenvalue weighted by Crippen LogP contribution is 2.54. The summed E-state index contributed by atoms with van der Waals surface area (Å²) in [7, 11) is 4.67. The van der Waals surface area contributed by atoms with Crippen LogP contribution in [0.2, 0.25) is 0 Å². The summed E-state index contributed by atoms with van der Waals surface area (Å²) in [5, 5.41) is 45.3. The number of aliphatic hydroxyl groups is 3. The summed E-state index contributed by atoms with van der Waals surface area (Å²) in [6.45, 7) is 5.60. The van der Waals surface area contributed by atoms with Crippen molar-refractivity contribution in [2.45, 2.75) is 63.8 Å². The molecule has 4 aliphatic rings. The van der Waals surface area contributed by atoms with E-state index < -0.39 is 58.0 Å². The number of likely N-dealkylation sites (N-methyl/N-ethyl adjacent to an activating group) is 1. The molecule has 0 aromatic heterocycles. The van der Waals surface area contributed by atoms with E-state index in [1.807, 2.05) is 0 Å². The van der Waals surface area contributed by atoms with E-state index >= 15 is 0 Å². The third-order valence-corrected chi connectivity index (χ3v) is 9.61. The fourth-order valence-corrected chi connectivity index (χ4v) is 7.37. The zero-order chi connectivity index (χ0) is 30.1. The van der Waals surface area contributed by atoms with Gasteiger partial charge in [-0.25, -0.2) is 0 Å². The number of carbonyl (C=O) groups excluding carboxylic acids is 3. The van der Waals surface area contributed by atoms with Crippen LogP contribution in [0, 0.1) is 17.8 Å². The van der Waals surface area contributed by atoms with Gasteiger partial charge in [0.15, 0.2) is 11.4 Å². The Hall–Kier alpha value is -3.41. The second-order valence-corrected chi connectivity index (χ2v) is 12.0. The molecule has 0 bridgehead atoms. The van der Waals surface area contributed by atoms with Gasteiger partial charge >= 0.3 is 0 Å². The number of amides is 1. The van der Waals surface area contributed by atoms with Crippen LogP contribution in [0.4, 0.5) is 0 Å². The molecule has 0 spiro atoms. The summed E-state index contributed by atoms with van der Waals surface area (Å²) in [6.07, 6.45) is 2.59. The van der Waals surface area contributed by atoms with Crippen molar-refractivity contribution in [3.63, 3.8) is 0 Å². The summed E-state index contributed by atoms with van der Waals surface area (Å²) in [5.41, 5.74) is 3.01. The first-order valence-electron chi connectivity index (χ1n) is 14.1. The minimum atomic E-state index is -2.66. The highest BCUT2D eigenvalue weighted by Gasteiger charge is 2.64. The standard InChI is InChI=1S/C30H39N3O8/c1-6-33(13(2)14-7-8-14)12-16-11-19(34)21-17(26(16)41-5)9-15-10-18-23(32(3)4)25(36)22(29(31)39)28(38)30(18,40)27(37)20(15)24(21)35/h11,13-15,18,23,34-35,38,40H,6-10,12H2,1-5H3,(H2,31,39)/t13-,15+,18+,23+,30+/m1/s1. The highest BCUT2D eigenvalue weighted by molar-refractivity contribution is 6.24. The molecule has 5 atom stereocenters. The number of ether oxygens (including phenoxy) is 1. The average Bonchev–Trinajstić information content (AvgIpc) is 3.74. The van der Waals surface area contributed by atoms with Gasteiger partial charge in [-0.3, -0.25) is 24.2 Å². The maximum atomic E-state index is 14.0. The summed E-state index contributed by atoms with van der Waals surface area (Å²) < 4.78 is 5.85. The second-order valence-electron chi connectivity index (χ2n) is 12.0. The predicted octanol–water partition coefficient (Wildman–Crippen LogP) is 1.59. The lowest BCUT2D eigenvalue weighted by molar-refractivity contribution is -0.153. The monoisotopic (exact) mass is 569 g/mol. The zero-order valence-electron chi connectivity index (χ0n) is 24.1. The lowest BCUT2D eigenvalue weighted by Crippen LogP contribution is -2.65. The van der Waals surface area contributed by atoms with Crippen molar-refractivity contribution in [3.05, 3.63) is 39.7 Å². The van der Waals surface area contributed by atoms with Crippen LogP contribution in [0.25, 0.3) is 5.76 Å². The van der Waals surface area contributed by atoms with Crippen molar-refractivity contribution < 1.29 is 39.5 Å². The molecule has 1 amide bonds. The molecule has 6 N–H and O–H groups in total. The highest BCUT2D eigenvalue weighted by atomic mass is 16.5. The number of phenols is 1. The van der Waals surface area contributed by atoms with Crippen molar-refractivity contribution in [3.8, 4) is 11.5 Å². The maximum Gasteiger partial charge on any atom is 0.255 e. The molecule has 4 aliphatic carbocycles. The van der Waals surface area contributed by atoms with Gasteiger partial charge in [0.25, 0.3) is 5.91 Å². The first kappa shape index (κ1) is 29.1. The Labute approximate surface area is 238 Å². The van der Waals surface area contributed by atoms with Crippen LogP contribution >= 0.6 is 0 Å². The van der Waals surface area contributed by atoms with E-state index in [0.29, 0.717) is 29.8 Å². The number of aromatic hydroxyl groups is 1. The van der Waals surface area contributed by atoms with Crippen molar-refractivity contribution in [1.29, 1.82) is 0 Å². The van der Waals surface area contributed by atoms with Crippen LogP contribution in [0.15, 0.2) is 23.0 Å². The molecule has 0 radical (unpaired) electrons. The van der Waals surface area contributed by atoms with Crippen LogP contribution in [0.5, 0.6) is 11.5 Å². The molecule has 41 heavy (non-hydrogen) atoms. The number of Topliss-reactive ketones (excluding diaryl/α,β-unsaturated/α-hetero) is 2. The molecule has 5 rings (SSSR count). The lowest BCUT2D eigenvalue weighted by Gasteiger charge is -2.50. The van der Waals surface area contributed by atoms with Gasteiger partial charge in [-0.05, 0) is 71.1 Å². The minimum absolute atomic E-state index is 0.0275. The molecule has 1 aromatic carbocycles. The Morgan fingerprint density at radius 1 is 1.22 bits per heavy atom. The smallest absolute Gasteiger partial charge is 0.255 e. The van der Waals surface area contributed by atoms with Crippen molar-refractivity contribution >= 4 is 23.2 Å². The molecule has 0 unspecified atom stereocenters. The number of primary amides is 1. The number of ketones is 2. The number of nitrogens with two attached hydrogens (primary N) is 1. The number of carbonyl (C=O) groups is 3. The first-order chi connectivity index (χ1) is 19.3. The molecule has 1 aromatic rings. The van der Waals surface area contributed by atoms with E-state index in [4.69, 9.17) is 10.5 Å². The molecule has 0 saturated heterocycles. The SMILES string of the molecule is CCN(Cc1cc(O)c2c(c1OC)C[C@H]1C[C@H]3[C@H](N(C)C)C(=O)C(C(N)=O)=C(O)[C@@]3(O)C(=O)C1=C2O)[C@H](C)C1CC1. The molecule has 2 saturated carbocycles. The predicted molar refractivity (Wildman–Crippen MR) is 149 cm³/mol. The topological polar surface area (TPSA) is 174 Å². The number of phenolic OH excluding ortho intramolecular Hbond substituents is 1. The van der Waals surface area contributed by atoms with Crippen LogP contribution in [-0.4, -0.2) is 93.1 Å². The Kier molecular flexibility index (Phi) is 7.20. The maximum absolute atomic E-state index is 14.0. The van der Waals surface area contributed by atoms with E-state index in [1.54, 1.807) is 14.1 Å². The van der Waals surface area contributed by atoms with Crippen LogP contribution in [-0.2, 0) is 27.3 Å². The van der Waals surface area contributed by atoms with Gasteiger partial charge in [-0.1, -0.05) is 6.92 Å². The molecule has 2 fully saturated rings. The number of nitrogens with zero attached hydrogens (tertiary/aromatic N) is 2. The molecular weight excluding hydrogens is 530 g/mol. The zero-order valence-corrected chi connectivity index (χ0v) is 24.1. The summed E-state index contributed by atoms with van der Waals surface area (Å²) in [4.78, 5) is 43.2. The largest absolute Gasteiger partial charge is 0.508 e. The van der Waals surface area contributed by atoms with Gasteiger partial charge in [-0.2, -0.15) is 0 Å². The van der Waals surface area contributed by atoms with E-state index in [2.05, 4.69) is 18.7 Å². The van der Waals surface area contributed by atoms with Crippen molar-refractivity contribution in [2.75, 3.05) is 27.7 Å². The van der Waals surface area contributed by atoms with Gasteiger partial charge in [-0.15, -0.1) is 0 Å². The van der Waals surface area contributed by atoms with E-state index in [0.717, 1.165) is 12.1 Å². The summed E-state index contributed by atoms with van der Waals surface area (Å²) in [5.74, 6) is -5.59. The molecule has 11 nitrogen and oxygen atoms in total. The summed E-state index contributed by atoms with van der Waals surface area (Å²) >= 11 is 0. The van der Waals surface area contributed by atoms with Crippen LogP contribution < -0.4 is 10.5 Å². The number of benzene rings is 1. The van der Waals surface area contributed by atoms with E-state index in [-0.39, 0.29) is 29.7 Å². The van der Waals surface area contributed by atoms with Gasteiger partial charge in [0.2, 0.25) is 5.78 Å². The third kappa shape index (κ3) is 4.24. The molecule has 0 heterocycles. The minimum Gasteiger partial charge on any atom is -0.508 e. The van der Waals surface area contributed by atoms with E-state index in [1.165, 1.54) is 30.9 Å². The summed E-state index contributed by atoms with van der Waals surface area (Å²) in [6, 6.07) is 0.761. The normalized spacial score (nSPS) is 28.5. The Bertz CT molecular complexity index is 1390. The Morgan fingerprint density at radius 3 is 2.41 bits per heavy atom. The van der Waals surface area contributed by atoms with Crippen molar-refractivity contribution in [2.24, 2.45) is 23.5 Å². The number of hydrogen-bond donors (Lipinski definition) is 5. The van der Waals surface area contributed by atoms with Gasteiger partial charge in [0.05, 0.1) is 18.7 Å². The quantitative estimate of drug-likeness (QED) is 0.289. The lowest BCUT2D eigenvalue weighted by atomic mass is 9.57. The molecule has 222 valence electrons.